The van der Waals surface area contributed by atoms with Crippen molar-refractivity contribution in [2.24, 2.45) is 22.7 Å². The van der Waals surface area contributed by atoms with E-state index in [1.54, 1.807) is 12.1 Å². The van der Waals surface area contributed by atoms with Crippen molar-refractivity contribution in [1.82, 2.24) is 0 Å². The second-order valence-electron chi connectivity index (χ2n) is 10.8. The van der Waals surface area contributed by atoms with Crippen molar-refractivity contribution in [3.05, 3.63) is 84.1 Å². The molecule has 1 heterocycles. The summed E-state index contributed by atoms with van der Waals surface area (Å²) in [6, 6.07) is 23.1. The van der Waals surface area contributed by atoms with Crippen molar-refractivity contribution in [3.8, 4) is 17.9 Å². The Hall–Kier alpha value is -4.09. The maximum atomic E-state index is 14.2. The van der Waals surface area contributed by atoms with Gasteiger partial charge in [0.05, 0.1) is 41.5 Å². The first-order valence-corrected chi connectivity index (χ1v) is 12.5. The van der Waals surface area contributed by atoms with Gasteiger partial charge in [-0.3, -0.25) is 9.69 Å². The molecule has 2 saturated carbocycles. The van der Waals surface area contributed by atoms with Crippen LogP contribution >= 0.6 is 0 Å². The highest BCUT2D eigenvalue weighted by atomic mass is 16.5. The number of anilines is 1. The molecule has 178 valence electrons. The van der Waals surface area contributed by atoms with Gasteiger partial charge in [-0.2, -0.15) is 10.5 Å². The van der Waals surface area contributed by atoms with Gasteiger partial charge >= 0.3 is 0 Å². The lowest BCUT2D eigenvalue weighted by molar-refractivity contribution is -0.125. The van der Waals surface area contributed by atoms with Crippen LogP contribution in [0, 0.1) is 45.3 Å². The molecule has 2 bridgehead atoms. The number of ether oxygens (including phenoxy) is 1. The number of carbonyl (C=O) groups excluding carboxylic acids is 1. The number of fused-ring (bicyclic) bond motifs is 6. The van der Waals surface area contributed by atoms with Crippen LogP contribution in [0.3, 0.4) is 0 Å². The van der Waals surface area contributed by atoms with Gasteiger partial charge in [0.2, 0.25) is 5.91 Å². The van der Waals surface area contributed by atoms with E-state index in [-0.39, 0.29) is 28.6 Å². The van der Waals surface area contributed by atoms with Crippen molar-refractivity contribution < 1.29 is 9.53 Å². The maximum Gasteiger partial charge on any atom is 0.235 e. The Bertz CT molecular complexity index is 1490. The fourth-order valence-electron chi connectivity index (χ4n) is 7.44. The molecule has 0 spiro atoms. The summed E-state index contributed by atoms with van der Waals surface area (Å²) in [5.74, 6) is 0.876. The quantitative estimate of drug-likeness (QED) is 0.433. The predicted octanol–water partition coefficient (Wildman–Crippen LogP) is 6.34. The van der Waals surface area contributed by atoms with Crippen molar-refractivity contribution in [2.75, 3.05) is 11.5 Å². The average molecular weight is 474 g/mol. The van der Waals surface area contributed by atoms with Gasteiger partial charge in [-0.25, -0.2) is 0 Å². The van der Waals surface area contributed by atoms with E-state index in [0.29, 0.717) is 17.7 Å². The Balaban J connectivity index is 1.31. The Labute approximate surface area is 211 Å². The van der Waals surface area contributed by atoms with E-state index in [4.69, 9.17) is 10.00 Å². The Morgan fingerprint density at radius 1 is 1.00 bits per heavy atom. The molecular weight excluding hydrogens is 446 g/mol. The molecule has 3 aliphatic rings. The number of carbonyl (C=O) groups is 1. The number of rotatable bonds is 5. The van der Waals surface area contributed by atoms with E-state index in [0.717, 1.165) is 53.6 Å². The summed E-state index contributed by atoms with van der Waals surface area (Å²) in [7, 11) is 0. The van der Waals surface area contributed by atoms with Crippen molar-refractivity contribution in [2.45, 2.75) is 32.6 Å². The molecule has 1 amide bonds. The highest BCUT2D eigenvalue weighted by Crippen LogP contribution is 2.72. The van der Waals surface area contributed by atoms with Crippen LogP contribution in [0.25, 0.3) is 10.8 Å². The highest BCUT2D eigenvalue weighted by Gasteiger charge is 2.70. The number of nitriles is 2. The molecule has 1 saturated heterocycles. The largest absolute Gasteiger partial charge is 0.494 e. The minimum absolute atomic E-state index is 0.0446. The molecule has 0 unspecified atom stereocenters. The van der Waals surface area contributed by atoms with Gasteiger partial charge in [0.15, 0.2) is 0 Å². The number of nitrogens with zero attached hydrogens (tertiary/aromatic N) is 3. The molecular formula is C31H27N3O2. The summed E-state index contributed by atoms with van der Waals surface area (Å²) in [6.45, 7) is 7.33. The monoisotopic (exact) mass is 473 g/mol. The van der Waals surface area contributed by atoms with E-state index in [9.17, 15) is 10.1 Å². The molecule has 3 aromatic carbocycles. The zero-order chi connectivity index (χ0) is 25.1. The minimum atomic E-state index is -0.109. The van der Waals surface area contributed by atoms with E-state index < -0.39 is 0 Å². The van der Waals surface area contributed by atoms with Gasteiger partial charge < -0.3 is 4.74 Å². The maximum absolute atomic E-state index is 14.2. The van der Waals surface area contributed by atoms with Crippen LogP contribution in [0.4, 0.5) is 5.69 Å². The first-order valence-electron chi connectivity index (χ1n) is 12.5. The highest BCUT2D eigenvalue weighted by molar-refractivity contribution is 6.10. The number of hydrogen-bond acceptors (Lipinski definition) is 4. The van der Waals surface area contributed by atoms with Crippen molar-refractivity contribution in [1.29, 1.82) is 10.5 Å². The summed E-state index contributed by atoms with van der Waals surface area (Å²) in [5, 5.41) is 20.4. The van der Waals surface area contributed by atoms with Gasteiger partial charge in [-0.05, 0) is 72.9 Å². The Morgan fingerprint density at radius 2 is 1.75 bits per heavy atom. The van der Waals surface area contributed by atoms with Crippen molar-refractivity contribution >= 4 is 22.4 Å². The Kier molecular flexibility index (Phi) is 4.95. The average Bonchev–Trinajstić information content (AvgIpc) is 3.48. The molecule has 36 heavy (non-hydrogen) atoms. The SMILES string of the molecule is C=C1[C@@H]2[C@H](C(=O)N1c1ccc(C#N)c3ccccc13)[C@@]1(CCOc3ccc(C#N)cc3)CC[C@]2(C)C1. The summed E-state index contributed by atoms with van der Waals surface area (Å²) < 4.78 is 6.06. The second kappa shape index (κ2) is 7.97. The van der Waals surface area contributed by atoms with Crippen LogP contribution < -0.4 is 9.64 Å². The lowest BCUT2D eigenvalue weighted by atomic mass is 9.67. The van der Waals surface area contributed by atoms with Gasteiger partial charge in [-0.15, -0.1) is 0 Å². The molecule has 0 radical (unpaired) electrons. The Morgan fingerprint density at radius 3 is 2.47 bits per heavy atom. The second-order valence-corrected chi connectivity index (χ2v) is 10.8. The number of allylic oxidation sites excluding steroid dienone is 1. The summed E-state index contributed by atoms with van der Waals surface area (Å²) in [4.78, 5) is 16.0. The molecule has 6 rings (SSSR count). The van der Waals surface area contributed by atoms with Crippen LogP contribution in [-0.4, -0.2) is 12.5 Å². The molecule has 4 atom stereocenters. The van der Waals surface area contributed by atoms with Crippen LogP contribution in [0.1, 0.15) is 43.7 Å². The lowest BCUT2D eigenvalue weighted by Gasteiger charge is -2.35. The number of amides is 1. The fraction of sp³-hybridized carbons (Fsp3) is 0.323. The van der Waals surface area contributed by atoms with Gasteiger partial charge in [0, 0.05) is 22.4 Å². The summed E-state index contributed by atoms with van der Waals surface area (Å²) in [6.07, 6.45) is 3.92. The van der Waals surface area contributed by atoms with Gasteiger partial charge in [0.25, 0.3) is 0 Å². The molecule has 3 aromatic rings. The normalized spacial score (nSPS) is 28.2. The van der Waals surface area contributed by atoms with Crippen LogP contribution in [0.15, 0.2) is 72.9 Å². The molecule has 2 aliphatic carbocycles. The third kappa shape index (κ3) is 3.09. The zero-order valence-corrected chi connectivity index (χ0v) is 20.3. The molecule has 1 aliphatic heterocycles. The topological polar surface area (TPSA) is 77.1 Å². The molecule has 0 N–H and O–H groups in total. The van der Waals surface area contributed by atoms with Crippen LogP contribution in [0.2, 0.25) is 0 Å². The zero-order valence-electron chi connectivity index (χ0n) is 20.3. The summed E-state index contributed by atoms with van der Waals surface area (Å²) in [5.41, 5.74) is 2.86. The van der Waals surface area contributed by atoms with Crippen molar-refractivity contribution in [3.63, 3.8) is 0 Å². The molecule has 5 nitrogen and oxygen atoms in total. The smallest absolute Gasteiger partial charge is 0.235 e. The first kappa shape index (κ1) is 22.4. The van der Waals surface area contributed by atoms with E-state index in [1.807, 2.05) is 53.4 Å². The van der Waals surface area contributed by atoms with Gasteiger partial charge in [-0.1, -0.05) is 37.8 Å². The van der Waals surface area contributed by atoms with E-state index >= 15 is 0 Å². The molecule has 0 aromatic heterocycles. The minimum Gasteiger partial charge on any atom is -0.494 e. The number of benzene rings is 3. The molecule has 3 fully saturated rings. The van der Waals surface area contributed by atoms with Crippen LogP contribution in [-0.2, 0) is 4.79 Å². The standard InChI is InChI=1S/C31H27N3O2/c1-20-27-28(29(35)34(20)26-12-9-22(18-33)24-5-3-4-6-25(24)26)31(14-13-30(27,2)19-31)15-16-36-23-10-7-21(17-32)8-11-23/h3-12,27-28H,1,13-16,19H2,2H3/t27-,28-,30-,31-/m1/s1. The first-order chi connectivity index (χ1) is 17.4. The third-order valence-electron chi connectivity index (χ3n) is 8.94. The fourth-order valence-corrected chi connectivity index (χ4v) is 7.44. The molecule has 5 heteroatoms. The van der Waals surface area contributed by atoms with Gasteiger partial charge in [0.1, 0.15) is 5.75 Å². The third-order valence-corrected chi connectivity index (χ3v) is 8.94. The lowest BCUT2D eigenvalue weighted by Crippen LogP contribution is -2.37. The van der Waals surface area contributed by atoms with Crippen LogP contribution in [0.5, 0.6) is 5.75 Å². The summed E-state index contributed by atoms with van der Waals surface area (Å²) >= 11 is 0. The predicted molar refractivity (Wildman–Crippen MR) is 138 cm³/mol. The van der Waals surface area contributed by atoms with E-state index in [2.05, 4.69) is 25.6 Å². The number of hydrogen-bond donors (Lipinski definition) is 0. The van der Waals surface area contributed by atoms with E-state index in [1.165, 1.54) is 0 Å².